The largest absolute Gasteiger partial charge is 0.490 e. The summed E-state index contributed by atoms with van der Waals surface area (Å²) in [7, 11) is 0. The molecule has 8 heteroatoms. The van der Waals surface area contributed by atoms with E-state index >= 15 is 0 Å². The van der Waals surface area contributed by atoms with Crippen LogP contribution in [0.25, 0.3) is 6.08 Å². The average Bonchev–Trinajstić information content (AvgIpc) is 3.08. The molecule has 2 aromatic rings. The zero-order valence-electron chi connectivity index (χ0n) is 16.1. The smallest absolute Gasteiger partial charge is 0.363 e. The summed E-state index contributed by atoms with van der Waals surface area (Å²) in [5.41, 5.74) is 1.26. The van der Waals surface area contributed by atoms with Crippen molar-refractivity contribution in [2.24, 2.45) is 4.99 Å². The third-order valence-corrected chi connectivity index (χ3v) is 3.98. The summed E-state index contributed by atoms with van der Waals surface area (Å²) >= 11 is 0. The number of esters is 1. The van der Waals surface area contributed by atoms with Crippen LogP contribution in [0.4, 0.5) is 5.69 Å². The maximum Gasteiger partial charge on any atom is 0.363 e. The highest BCUT2D eigenvalue weighted by Crippen LogP contribution is 2.30. The molecule has 1 heterocycles. The van der Waals surface area contributed by atoms with Crippen molar-refractivity contribution < 1.29 is 23.9 Å². The minimum absolute atomic E-state index is 0.0525. The second-order valence-electron chi connectivity index (χ2n) is 6.13. The van der Waals surface area contributed by atoms with E-state index in [4.69, 9.17) is 14.2 Å². The highest BCUT2D eigenvalue weighted by atomic mass is 16.6. The zero-order valence-corrected chi connectivity index (χ0v) is 16.1. The van der Waals surface area contributed by atoms with Crippen LogP contribution in [0.15, 0.2) is 53.2 Å². The molecular formula is C21H20N2O6. The number of nitro groups is 1. The molecule has 150 valence electrons. The van der Waals surface area contributed by atoms with Crippen LogP contribution in [0.2, 0.25) is 0 Å². The molecule has 0 saturated carbocycles. The van der Waals surface area contributed by atoms with Crippen molar-refractivity contribution in [3.63, 3.8) is 0 Å². The van der Waals surface area contributed by atoms with Crippen LogP contribution in [0.1, 0.15) is 31.4 Å². The van der Waals surface area contributed by atoms with Gasteiger partial charge in [0.25, 0.3) is 5.69 Å². The van der Waals surface area contributed by atoms with Gasteiger partial charge in [-0.1, -0.05) is 13.0 Å². The summed E-state index contributed by atoms with van der Waals surface area (Å²) < 4.78 is 16.5. The van der Waals surface area contributed by atoms with Crippen LogP contribution < -0.4 is 9.47 Å². The molecule has 0 aliphatic carbocycles. The fraction of sp³-hybridized carbons (Fsp3) is 0.238. The second-order valence-corrected chi connectivity index (χ2v) is 6.13. The number of carbonyl (C=O) groups excluding carboxylic acids is 1. The van der Waals surface area contributed by atoms with E-state index in [1.165, 1.54) is 24.3 Å². The Kier molecular flexibility index (Phi) is 6.23. The van der Waals surface area contributed by atoms with Crippen molar-refractivity contribution in [3.05, 3.63) is 69.4 Å². The molecule has 0 amide bonds. The lowest BCUT2D eigenvalue weighted by Gasteiger charge is -2.12. The SMILES string of the molecule is CCCOc1ccc(/C=C2\N=C(c3ccc([N+](=O)[O-])cc3)OC2=O)cc1OCC. The molecule has 29 heavy (non-hydrogen) atoms. The topological polar surface area (TPSA) is 100 Å². The average molecular weight is 396 g/mol. The summed E-state index contributed by atoms with van der Waals surface area (Å²) in [5.74, 6) is 0.729. The fourth-order valence-electron chi connectivity index (χ4n) is 2.63. The predicted octanol–water partition coefficient (Wildman–Crippen LogP) is 4.13. The highest BCUT2D eigenvalue weighted by molar-refractivity contribution is 6.12. The number of benzene rings is 2. The number of hydrogen-bond donors (Lipinski definition) is 0. The highest BCUT2D eigenvalue weighted by Gasteiger charge is 2.24. The van der Waals surface area contributed by atoms with Crippen LogP contribution in [0, 0.1) is 10.1 Å². The first-order valence-corrected chi connectivity index (χ1v) is 9.18. The first-order chi connectivity index (χ1) is 14.0. The van der Waals surface area contributed by atoms with Crippen LogP contribution in [0.5, 0.6) is 11.5 Å². The third kappa shape index (κ3) is 4.78. The number of nitro benzene ring substituents is 1. The van der Waals surface area contributed by atoms with Gasteiger partial charge < -0.3 is 14.2 Å². The summed E-state index contributed by atoms with van der Waals surface area (Å²) in [4.78, 5) is 26.7. The first-order valence-electron chi connectivity index (χ1n) is 9.18. The molecule has 1 aliphatic rings. The van der Waals surface area contributed by atoms with Gasteiger partial charge in [0, 0.05) is 17.7 Å². The Morgan fingerprint density at radius 1 is 1.10 bits per heavy atom. The van der Waals surface area contributed by atoms with Crippen LogP contribution in [-0.4, -0.2) is 30.0 Å². The molecule has 0 fully saturated rings. The number of rotatable bonds is 8. The Morgan fingerprint density at radius 2 is 1.86 bits per heavy atom. The Bertz CT molecular complexity index is 979. The second kappa shape index (κ2) is 9.01. The number of non-ortho nitro benzene ring substituents is 1. The van der Waals surface area contributed by atoms with Crippen molar-refractivity contribution in [2.75, 3.05) is 13.2 Å². The minimum Gasteiger partial charge on any atom is -0.490 e. The number of ether oxygens (including phenoxy) is 3. The van der Waals surface area contributed by atoms with Crippen molar-refractivity contribution in [3.8, 4) is 11.5 Å². The van der Waals surface area contributed by atoms with Crippen molar-refractivity contribution in [1.82, 2.24) is 0 Å². The molecular weight excluding hydrogens is 376 g/mol. The molecule has 2 aromatic carbocycles. The molecule has 0 unspecified atom stereocenters. The number of nitrogens with zero attached hydrogens (tertiary/aromatic N) is 2. The summed E-state index contributed by atoms with van der Waals surface area (Å²) in [6.45, 7) is 4.96. The van der Waals surface area contributed by atoms with Gasteiger partial charge in [0.15, 0.2) is 17.2 Å². The van der Waals surface area contributed by atoms with Crippen LogP contribution in [-0.2, 0) is 9.53 Å². The molecule has 0 aromatic heterocycles. The van der Waals surface area contributed by atoms with Gasteiger partial charge in [0.05, 0.1) is 18.1 Å². The third-order valence-electron chi connectivity index (χ3n) is 3.98. The van der Waals surface area contributed by atoms with Gasteiger partial charge in [0.1, 0.15) is 0 Å². The molecule has 1 aliphatic heterocycles. The van der Waals surface area contributed by atoms with Gasteiger partial charge in [-0.15, -0.1) is 0 Å². The van der Waals surface area contributed by atoms with E-state index < -0.39 is 10.9 Å². The minimum atomic E-state index is -0.595. The molecule has 0 radical (unpaired) electrons. The van der Waals surface area contributed by atoms with Crippen LogP contribution >= 0.6 is 0 Å². The molecule has 0 bridgehead atoms. The Hall–Kier alpha value is -3.68. The maximum atomic E-state index is 12.2. The van der Waals surface area contributed by atoms with Gasteiger partial charge >= 0.3 is 5.97 Å². The van der Waals surface area contributed by atoms with E-state index in [-0.39, 0.29) is 17.3 Å². The predicted molar refractivity (Wildman–Crippen MR) is 107 cm³/mol. The van der Waals surface area contributed by atoms with E-state index in [9.17, 15) is 14.9 Å². The normalized spacial score (nSPS) is 14.5. The summed E-state index contributed by atoms with van der Waals surface area (Å²) in [6.07, 6.45) is 2.47. The van der Waals surface area contributed by atoms with Gasteiger partial charge in [0.2, 0.25) is 5.90 Å². The maximum absolute atomic E-state index is 12.2. The van der Waals surface area contributed by atoms with Gasteiger partial charge in [-0.3, -0.25) is 10.1 Å². The molecule has 0 atom stereocenters. The van der Waals surface area contributed by atoms with Gasteiger partial charge in [-0.2, -0.15) is 0 Å². The van der Waals surface area contributed by atoms with Crippen molar-refractivity contribution >= 4 is 23.6 Å². The number of cyclic esters (lactones) is 1. The lowest BCUT2D eigenvalue weighted by atomic mass is 10.1. The molecule has 8 nitrogen and oxygen atoms in total. The van der Waals surface area contributed by atoms with Crippen molar-refractivity contribution in [1.29, 1.82) is 0 Å². The number of carbonyl (C=O) groups is 1. The van der Waals surface area contributed by atoms with E-state index in [2.05, 4.69) is 4.99 Å². The molecule has 3 rings (SSSR count). The van der Waals surface area contributed by atoms with Gasteiger partial charge in [-0.25, -0.2) is 9.79 Å². The van der Waals surface area contributed by atoms with E-state index in [0.29, 0.717) is 35.8 Å². The lowest BCUT2D eigenvalue weighted by molar-refractivity contribution is -0.384. The molecule has 0 spiro atoms. The zero-order chi connectivity index (χ0) is 20.8. The van der Waals surface area contributed by atoms with E-state index in [1.807, 2.05) is 13.8 Å². The fourth-order valence-corrected chi connectivity index (χ4v) is 2.63. The quantitative estimate of drug-likeness (QED) is 0.288. The summed E-state index contributed by atoms with van der Waals surface area (Å²) in [5, 5.41) is 10.8. The number of aliphatic imine (C=N–C) groups is 1. The lowest BCUT2D eigenvalue weighted by Crippen LogP contribution is -2.05. The molecule has 0 saturated heterocycles. The Morgan fingerprint density at radius 3 is 2.52 bits per heavy atom. The van der Waals surface area contributed by atoms with E-state index in [1.54, 1.807) is 24.3 Å². The first kappa shape index (κ1) is 20.1. The Balaban J connectivity index is 1.86. The Labute approximate surface area is 167 Å². The standard InChI is InChI=1S/C21H20N2O6/c1-3-11-28-18-10-5-14(13-19(18)27-4-2)12-17-21(24)29-20(22-17)15-6-8-16(9-7-15)23(25)26/h5-10,12-13H,3-4,11H2,1-2H3/b17-12-. The van der Waals surface area contributed by atoms with Crippen molar-refractivity contribution in [2.45, 2.75) is 20.3 Å². The van der Waals surface area contributed by atoms with Gasteiger partial charge in [-0.05, 0) is 49.2 Å². The molecule has 0 N–H and O–H groups in total. The number of hydrogen-bond acceptors (Lipinski definition) is 7. The van der Waals surface area contributed by atoms with Crippen LogP contribution in [0.3, 0.4) is 0 Å². The monoisotopic (exact) mass is 396 g/mol. The summed E-state index contributed by atoms with van der Waals surface area (Å²) in [6, 6.07) is 11.0. The van der Waals surface area contributed by atoms with E-state index in [0.717, 1.165) is 6.42 Å².